The Morgan fingerprint density at radius 2 is 2.00 bits per heavy atom. The van der Waals surface area contributed by atoms with Crippen molar-refractivity contribution in [3.63, 3.8) is 0 Å². The molecule has 0 aliphatic carbocycles. The molecule has 0 amide bonds. The number of aliphatic carboxylic acids is 1. The summed E-state index contributed by atoms with van der Waals surface area (Å²) < 4.78 is 0. The third kappa shape index (κ3) is 3.19. The number of nitrogens with zero attached hydrogens (tertiary/aromatic N) is 1. The van der Waals surface area contributed by atoms with Gasteiger partial charge in [-0.3, -0.25) is 9.69 Å². The number of hydrogen-bond donors (Lipinski definition) is 1. The van der Waals surface area contributed by atoms with Crippen molar-refractivity contribution in [2.24, 2.45) is 0 Å². The van der Waals surface area contributed by atoms with Crippen molar-refractivity contribution < 1.29 is 9.90 Å². The Kier molecular flexibility index (Phi) is 4.81. The molecule has 3 rings (SSSR count). The number of thiophene rings is 1. The predicted octanol–water partition coefficient (Wildman–Crippen LogP) is 4.43. The van der Waals surface area contributed by atoms with E-state index in [4.69, 9.17) is 11.6 Å². The third-order valence-corrected chi connectivity index (χ3v) is 5.16. The fraction of sp³-hybridized carbons (Fsp3) is 0.353. The number of benzene rings is 1. The Balaban J connectivity index is 2.01. The Morgan fingerprint density at radius 1 is 1.23 bits per heavy atom. The molecule has 1 fully saturated rings. The molecule has 2 aromatic rings. The van der Waals surface area contributed by atoms with E-state index in [9.17, 15) is 9.90 Å². The molecule has 2 atom stereocenters. The van der Waals surface area contributed by atoms with Gasteiger partial charge in [0.1, 0.15) is 6.04 Å². The molecule has 1 aromatic heterocycles. The maximum absolute atomic E-state index is 11.7. The molecule has 2 heterocycles. The fourth-order valence-electron chi connectivity index (χ4n) is 3.18. The van der Waals surface area contributed by atoms with Gasteiger partial charge in [-0.15, -0.1) is 0 Å². The van der Waals surface area contributed by atoms with Crippen molar-refractivity contribution in [1.82, 2.24) is 4.90 Å². The van der Waals surface area contributed by atoms with Gasteiger partial charge in [-0.25, -0.2) is 0 Å². The molecule has 0 bridgehead atoms. The van der Waals surface area contributed by atoms with Gasteiger partial charge in [-0.1, -0.05) is 30.2 Å². The van der Waals surface area contributed by atoms with Crippen LogP contribution in [-0.2, 0) is 4.79 Å². The van der Waals surface area contributed by atoms with Gasteiger partial charge in [0.2, 0.25) is 0 Å². The zero-order valence-corrected chi connectivity index (χ0v) is 13.7. The summed E-state index contributed by atoms with van der Waals surface area (Å²) >= 11 is 7.64. The van der Waals surface area contributed by atoms with Crippen LogP contribution in [0.3, 0.4) is 0 Å². The number of rotatable bonds is 4. The molecule has 2 unspecified atom stereocenters. The molecular formula is C17H18ClNO2S. The summed E-state index contributed by atoms with van der Waals surface area (Å²) in [6, 6.07) is 9.37. The standard InChI is InChI=1S/C17H18ClNO2S/c18-14-6-4-12(5-7-14)16(13-8-10-22-11-13)19-9-2-1-3-15(19)17(20)21/h4-8,10-11,15-16H,1-3,9H2,(H,20,21). The Bertz CT molecular complexity index is 627. The number of carboxylic acids is 1. The summed E-state index contributed by atoms with van der Waals surface area (Å²) in [7, 11) is 0. The first-order valence-corrected chi connectivity index (χ1v) is 8.75. The first kappa shape index (κ1) is 15.5. The van der Waals surface area contributed by atoms with Gasteiger partial charge in [0.25, 0.3) is 0 Å². The smallest absolute Gasteiger partial charge is 0.320 e. The molecule has 22 heavy (non-hydrogen) atoms. The van der Waals surface area contributed by atoms with Crippen molar-refractivity contribution in [3.05, 3.63) is 57.2 Å². The van der Waals surface area contributed by atoms with Crippen LogP contribution in [0.25, 0.3) is 0 Å². The van der Waals surface area contributed by atoms with Crippen molar-refractivity contribution in [3.8, 4) is 0 Å². The van der Waals surface area contributed by atoms with Crippen LogP contribution in [0.4, 0.5) is 0 Å². The Hall–Kier alpha value is -1.36. The van der Waals surface area contributed by atoms with Gasteiger partial charge in [0, 0.05) is 5.02 Å². The molecule has 5 heteroatoms. The monoisotopic (exact) mass is 335 g/mol. The van der Waals surface area contributed by atoms with Crippen molar-refractivity contribution >= 4 is 28.9 Å². The average molecular weight is 336 g/mol. The molecule has 1 aliphatic heterocycles. The Labute approximate surface area is 139 Å². The summed E-state index contributed by atoms with van der Waals surface area (Å²) in [6.45, 7) is 0.806. The van der Waals surface area contributed by atoms with Crippen LogP contribution in [0.15, 0.2) is 41.1 Å². The van der Waals surface area contributed by atoms with Crippen LogP contribution >= 0.6 is 22.9 Å². The lowest BCUT2D eigenvalue weighted by Gasteiger charge is -2.39. The summed E-state index contributed by atoms with van der Waals surface area (Å²) in [5.74, 6) is -0.728. The van der Waals surface area contributed by atoms with Crippen molar-refractivity contribution in [2.45, 2.75) is 31.3 Å². The molecule has 1 aliphatic rings. The second-order valence-electron chi connectivity index (χ2n) is 5.60. The van der Waals surface area contributed by atoms with E-state index in [0.29, 0.717) is 11.4 Å². The minimum Gasteiger partial charge on any atom is -0.480 e. The number of carboxylic acid groups (broad SMARTS) is 1. The van der Waals surface area contributed by atoms with Crippen LogP contribution in [0.2, 0.25) is 5.02 Å². The zero-order chi connectivity index (χ0) is 15.5. The van der Waals surface area contributed by atoms with Gasteiger partial charge < -0.3 is 5.11 Å². The molecule has 0 radical (unpaired) electrons. The summed E-state index contributed by atoms with van der Waals surface area (Å²) in [5, 5.41) is 14.4. The van der Waals surface area contributed by atoms with Crippen LogP contribution in [0, 0.1) is 0 Å². The number of hydrogen-bond acceptors (Lipinski definition) is 3. The SMILES string of the molecule is O=C(O)C1CCCCN1C(c1ccc(Cl)cc1)c1ccsc1. The largest absolute Gasteiger partial charge is 0.480 e. The maximum atomic E-state index is 11.7. The zero-order valence-electron chi connectivity index (χ0n) is 12.1. The molecule has 116 valence electrons. The van der Waals surface area contributed by atoms with Gasteiger partial charge in [0.15, 0.2) is 0 Å². The highest BCUT2D eigenvalue weighted by molar-refractivity contribution is 7.08. The highest BCUT2D eigenvalue weighted by Gasteiger charge is 2.35. The molecular weight excluding hydrogens is 318 g/mol. The molecule has 0 saturated carbocycles. The summed E-state index contributed by atoms with van der Waals surface area (Å²) in [4.78, 5) is 13.8. The topological polar surface area (TPSA) is 40.5 Å². The quantitative estimate of drug-likeness (QED) is 0.898. The van der Waals surface area contributed by atoms with Gasteiger partial charge in [-0.2, -0.15) is 11.3 Å². The number of halogens is 1. The van der Waals surface area contributed by atoms with E-state index in [-0.39, 0.29) is 6.04 Å². The Morgan fingerprint density at radius 3 is 2.64 bits per heavy atom. The van der Waals surface area contributed by atoms with Crippen molar-refractivity contribution in [1.29, 1.82) is 0 Å². The minimum atomic E-state index is -0.728. The van der Waals surface area contributed by atoms with E-state index in [2.05, 4.69) is 16.3 Å². The van der Waals surface area contributed by atoms with E-state index in [1.807, 2.05) is 29.6 Å². The van der Waals surface area contributed by atoms with Gasteiger partial charge >= 0.3 is 5.97 Å². The van der Waals surface area contributed by atoms with E-state index < -0.39 is 12.0 Å². The summed E-state index contributed by atoms with van der Waals surface area (Å²) in [6.07, 6.45) is 2.73. The number of piperidine rings is 1. The molecule has 1 saturated heterocycles. The highest BCUT2D eigenvalue weighted by Crippen LogP contribution is 2.35. The predicted molar refractivity (Wildman–Crippen MR) is 89.6 cm³/mol. The fourth-order valence-corrected chi connectivity index (χ4v) is 3.98. The van der Waals surface area contributed by atoms with Crippen LogP contribution in [0.5, 0.6) is 0 Å². The second kappa shape index (κ2) is 6.82. The third-order valence-electron chi connectivity index (χ3n) is 4.21. The maximum Gasteiger partial charge on any atom is 0.320 e. The molecule has 1 aromatic carbocycles. The van der Waals surface area contributed by atoms with Crippen molar-refractivity contribution in [2.75, 3.05) is 6.54 Å². The van der Waals surface area contributed by atoms with Crippen LogP contribution in [0.1, 0.15) is 36.4 Å². The van der Waals surface area contributed by atoms with Crippen LogP contribution < -0.4 is 0 Å². The van der Waals surface area contributed by atoms with Gasteiger partial charge in [-0.05, 0) is 59.5 Å². The lowest BCUT2D eigenvalue weighted by Crippen LogP contribution is -2.46. The minimum absolute atomic E-state index is 0.0232. The van der Waals surface area contributed by atoms with Crippen LogP contribution in [-0.4, -0.2) is 28.6 Å². The van der Waals surface area contributed by atoms with Gasteiger partial charge in [0.05, 0.1) is 6.04 Å². The van der Waals surface area contributed by atoms with E-state index in [1.165, 1.54) is 0 Å². The van der Waals surface area contributed by atoms with E-state index >= 15 is 0 Å². The normalized spacial score (nSPS) is 20.7. The van der Waals surface area contributed by atoms with E-state index in [1.54, 1.807) is 11.3 Å². The molecule has 0 spiro atoms. The summed E-state index contributed by atoms with van der Waals surface area (Å²) in [5.41, 5.74) is 2.25. The molecule has 3 nitrogen and oxygen atoms in total. The highest BCUT2D eigenvalue weighted by atomic mass is 35.5. The second-order valence-corrected chi connectivity index (χ2v) is 6.81. The average Bonchev–Trinajstić information content (AvgIpc) is 3.04. The lowest BCUT2D eigenvalue weighted by atomic mass is 9.93. The number of carbonyl (C=O) groups is 1. The number of likely N-dealkylation sites (tertiary alicyclic amines) is 1. The molecule has 1 N–H and O–H groups in total. The lowest BCUT2D eigenvalue weighted by molar-refractivity contribution is -0.145. The first-order chi connectivity index (χ1) is 10.7. The van der Waals surface area contributed by atoms with E-state index in [0.717, 1.165) is 30.5 Å². The first-order valence-electron chi connectivity index (χ1n) is 7.43.